The maximum Gasteiger partial charge on any atom is 0.311 e. The van der Waals surface area contributed by atoms with E-state index < -0.39 is 23.1 Å². The highest BCUT2D eigenvalue weighted by Crippen LogP contribution is 2.21. The highest BCUT2D eigenvalue weighted by molar-refractivity contribution is 7.91. The van der Waals surface area contributed by atoms with E-state index >= 15 is 0 Å². The Labute approximate surface area is 109 Å². The van der Waals surface area contributed by atoms with Gasteiger partial charge in [0, 0.05) is 6.07 Å². The third kappa shape index (κ3) is 2.83. The molecule has 2 aromatic rings. The molecule has 1 N–H and O–H groups in total. The van der Waals surface area contributed by atoms with Crippen LogP contribution < -0.4 is 0 Å². The molecule has 0 heterocycles. The lowest BCUT2D eigenvalue weighted by molar-refractivity contribution is -0.140. The lowest BCUT2D eigenvalue weighted by Gasteiger charge is -2.13. The number of rotatable bonds is 4. The van der Waals surface area contributed by atoms with Gasteiger partial charge in [-0.15, -0.1) is 0 Å². The van der Waals surface area contributed by atoms with Gasteiger partial charge in [0.1, 0.15) is 5.75 Å². The number of aliphatic carboxylic acids is 1. The molecule has 0 amide bonds. The fourth-order valence-electron chi connectivity index (χ4n) is 1.70. The molecule has 0 aliphatic heterocycles. The van der Waals surface area contributed by atoms with Crippen molar-refractivity contribution in [3.05, 3.63) is 42.5 Å². The van der Waals surface area contributed by atoms with Gasteiger partial charge in [0.05, 0.1) is 5.92 Å². The summed E-state index contributed by atoms with van der Waals surface area (Å²) in [6, 6.07) is 13.4. The molecule has 94 valence electrons. The van der Waals surface area contributed by atoms with Crippen molar-refractivity contribution in [3.8, 4) is 0 Å². The molecule has 0 spiro atoms. The van der Waals surface area contributed by atoms with Gasteiger partial charge in [-0.25, -0.2) is 0 Å². The summed E-state index contributed by atoms with van der Waals surface area (Å²) >= 11 is -1.27. The van der Waals surface area contributed by atoms with Crippen LogP contribution in [0.15, 0.2) is 47.4 Å². The predicted molar refractivity (Wildman–Crippen MR) is 72.0 cm³/mol. The second-order valence-corrected chi connectivity index (χ2v) is 5.76. The number of carboxylic acid groups (broad SMARTS) is 1. The van der Waals surface area contributed by atoms with Gasteiger partial charge in [-0.3, -0.25) is 4.79 Å². The van der Waals surface area contributed by atoms with E-state index in [4.69, 9.17) is 5.11 Å². The molecule has 2 rings (SSSR count). The van der Waals surface area contributed by atoms with E-state index in [1.807, 2.05) is 36.4 Å². The van der Waals surface area contributed by atoms with E-state index in [0.717, 1.165) is 10.8 Å². The third-order valence-corrected chi connectivity index (χ3v) is 4.39. The van der Waals surface area contributed by atoms with Crippen molar-refractivity contribution < 1.29 is 14.5 Å². The summed E-state index contributed by atoms with van der Waals surface area (Å²) in [7, 11) is 0. The predicted octanol–water partition coefficient (Wildman–Crippen LogP) is 2.67. The Bertz CT molecular complexity index is 568. The first-order valence-corrected chi connectivity index (χ1v) is 7.00. The van der Waals surface area contributed by atoms with Gasteiger partial charge >= 0.3 is 5.97 Å². The number of fused-ring (bicyclic) bond motifs is 1. The topological polar surface area (TPSA) is 60.4 Å². The molecule has 0 aromatic heterocycles. The molecular formula is C14H14O3S. The highest BCUT2D eigenvalue weighted by Gasteiger charge is 2.20. The van der Waals surface area contributed by atoms with Gasteiger partial charge < -0.3 is 9.66 Å². The molecule has 0 radical (unpaired) electrons. The fraction of sp³-hybridized carbons (Fsp3) is 0.214. The van der Waals surface area contributed by atoms with Gasteiger partial charge in [-0.05, 0) is 41.0 Å². The first-order chi connectivity index (χ1) is 8.58. The Hall–Kier alpha value is -1.52. The Balaban J connectivity index is 2.22. The number of carbonyl (C=O) groups is 1. The summed E-state index contributed by atoms with van der Waals surface area (Å²) in [6.07, 6.45) is 0. The van der Waals surface area contributed by atoms with Gasteiger partial charge in [0.15, 0.2) is 4.90 Å². The first kappa shape index (κ1) is 12.9. The molecular weight excluding hydrogens is 248 g/mol. The molecule has 4 heteroatoms. The molecule has 0 bridgehead atoms. The summed E-state index contributed by atoms with van der Waals surface area (Å²) in [6.45, 7) is 1.57. The van der Waals surface area contributed by atoms with Crippen LogP contribution in [0.1, 0.15) is 6.92 Å². The average Bonchev–Trinajstić information content (AvgIpc) is 2.37. The monoisotopic (exact) mass is 262 g/mol. The maximum atomic E-state index is 12.1. The van der Waals surface area contributed by atoms with Crippen LogP contribution >= 0.6 is 0 Å². The van der Waals surface area contributed by atoms with Crippen molar-refractivity contribution in [2.75, 3.05) is 5.75 Å². The highest BCUT2D eigenvalue weighted by atomic mass is 32.2. The quantitative estimate of drug-likeness (QED) is 0.862. The van der Waals surface area contributed by atoms with E-state index in [1.165, 1.54) is 0 Å². The van der Waals surface area contributed by atoms with E-state index in [0.29, 0.717) is 4.90 Å². The molecule has 0 aliphatic rings. The second kappa shape index (κ2) is 5.42. The summed E-state index contributed by atoms with van der Waals surface area (Å²) in [5, 5.41) is 10.9. The van der Waals surface area contributed by atoms with Gasteiger partial charge in [-0.2, -0.15) is 0 Å². The molecule has 0 saturated carbocycles. The molecule has 2 aromatic carbocycles. The van der Waals surface area contributed by atoms with Crippen molar-refractivity contribution >= 4 is 27.9 Å². The number of benzene rings is 2. The van der Waals surface area contributed by atoms with Crippen LogP contribution in [-0.2, 0) is 16.0 Å². The van der Waals surface area contributed by atoms with Gasteiger partial charge in [-0.1, -0.05) is 24.3 Å². The lowest BCUT2D eigenvalue weighted by atomic mass is 10.1. The smallest absolute Gasteiger partial charge is 0.311 e. The fourth-order valence-corrected chi connectivity index (χ4v) is 2.97. The molecule has 18 heavy (non-hydrogen) atoms. The van der Waals surface area contributed by atoms with Crippen LogP contribution in [0, 0.1) is 5.92 Å². The third-order valence-electron chi connectivity index (χ3n) is 2.81. The normalized spacial score (nSPS) is 14.3. The summed E-state index contributed by atoms with van der Waals surface area (Å²) < 4.78 is 12.1. The number of hydrogen-bond acceptors (Lipinski definition) is 2. The van der Waals surface area contributed by atoms with E-state index in [9.17, 15) is 9.35 Å². The van der Waals surface area contributed by atoms with Crippen LogP contribution in [0.3, 0.4) is 0 Å². The number of hydrogen-bond donors (Lipinski definition) is 1. The molecule has 0 fully saturated rings. The zero-order chi connectivity index (χ0) is 13.1. The summed E-state index contributed by atoms with van der Waals surface area (Å²) in [4.78, 5) is 11.4. The molecule has 3 nitrogen and oxygen atoms in total. The maximum absolute atomic E-state index is 12.1. The van der Waals surface area contributed by atoms with Gasteiger partial charge in [0.2, 0.25) is 0 Å². The van der Waals surface area contributed by atoms with Gasteiger partial charge in [0.25, 0.3) is 0 Å². The summed E-state index contributed by atoms with van der Waals surface area (Å²) in [5.74, 6) is -1.37. The van der Waals surface area contributed by atoms with Crippen molar-refractivity contribution in [2.24, 2.45) is 5.92 Å². The van der Waals surface area contributed by atoms with Crippen molar-refractivity contribution in [2.45, 2.75) is 11.8 Å². The Morgan fingerprint density at radius 2 is 1.94 bits per heavy atom. The second-order valence-electron chi connectivity index (χ2n) is 4.26. The zero-order valence-electron chi connectivity index (χ0n) is 10.00. The van der Waals surface area contributed by atoms with Crippen LogP contribution in [0.5, 0.6) is 0 Å². The Morgan fingerprint density at radius 1 is 1.28 bits per heavy atom. The van der Waals surface area contributed by atoms with E-state index in [1.54, 1.807) is 13.0 Å². The average molecular weight is 262 g/mol. The van der Waals surface area contributed by atoms with Crippen LogP contribution in [0.25, 0.3) is 10.8 Å². The largest absolute Gasteiger partial charge is 0.611 e. The molecule has 0 saturated heterocycles. The van der Waals surface area contributed by atoms with Crippen LogP contribution in [0.4, 0.5) is 0 Å². The molecule has 0 aliphatic carbocycles. The Kier molecular flexibility index (Phi) is 3.89. The first-order valence-electron chi connectivity index (χ1n) is 5.68. The van der Waals surface area contributed by atoms with Crippen LogP contribution in [-0.4, -0.2) is 21.4 Å². The minimum Gasteiger partial charge on any atom is -0.611 e. The molecule has 2 unspecified atom stereocenters. The standard InChI is InChI=1S/C14H14O3S/c1-10(14(15)16)9-18(17)13-7-6-11-4-2-3-5-12(11)8-13/h2-8,10H,9H2,1H3,(H,15,16). The minimum atomic E-state index is -1.27. The van der Waals surface area contributed by atoms with Crippen molar-refractivity contribution in [3.63, 3.8) is 0 Å². The zero-order valence-corrected chi connectivity index (χ0v) is 10.8. The lowest BCUT2D eigenvalue weighted by Crippen LogP contribution is -2.21. The van der Waals surface area contributed by atoms with E-state index in [-0.39, 0.29) is 5.75 Å². The molecule has 2 atom stereocenters. The summed E-state index contributed by atoms with van der Waals surface area (Å²) in [5.41, 5.74) is 0. The van der Waals surface area contributed by atoms with Crippen molar-refractivity contribution in [1.29, 1.82) is 0 Å². The van der Waals surface area contributed by atoms with Crippen molar-refractivity contribution in [1.82, 2.24) is 0 Å². The number of carboxylic acids is 1. The SMILES string of the molecule is CC(C[S+]([O-])c1ccc2ccccc2c1)C(=O)O. The minimum absolute atomic E-state index is 0.147. The van der Waals surface area contributed by atoms with E-state index in [2.05, 4.69) is 0 Å². The Morgan fingerprint density at radius 3 is 2.61 bits per heavy atom. The van der Waals surface area contributed by atoms with Crippen LogP contribution in [0.2, 0.25) is 0 Å².